The van der Waals surface area contributed by atoms with Crippen LogP contribution in [0.25, 0.3) is 6.08 Å². The van der Waals surface area contributed by atoms with Gasteiger partial charge in [0.25, 0.3) is 27.1 Å². The molecule has 0 radical (unpaired) electrons. The Morgan fingerprint density at radius 3 is 2.29 bits per heavy atom. The maximum Gasteiger partial charge on any atom is 0.290 e. The third-order valence-electron chi connectivity index (χ3n) is 4.81. The summed E-state index contributed by atoms with van der Waals surface area (Å²) in [7, 11) is -3.74. The maximum absolute atomic E-state index is 12.6. The Hall–Kier alpha value is -3.89. The van der Waals surface area contributed by atoms with Crippen LogP contribution < -0.4 is 15.4 Å². The van der Waals surface area contributed by atoms with E-state index >= 15 is 0 Å². The normalized spacial score (nSPS) is 14.7. The van der Waals surface area contributed by atoms with Crippen LogP contribution in [0.5, 0.6) is 0 Å². The van der Waals surface area contributed by atoms with Gasteiger partial charge in [-0.15, -0.1) is 0 Å². The van der Waals surface area contributed by atoms with Crippen molar-refractivity contribution in [2.24, 2.45) is 0 Å². The van der Waals surface area contributed by atoms with Crippen molar-refractivity contribution >= 4 is 56.3 Å². The predicted octanol–water partition coefficient (Wildman–Crippen LogP) is 4.37. The minimum absolute atomic E-state index is 0.146. The second kappa shape index (κ2) is 9.54. The van der Waals surface area contributed by atoms with Crippen molar-refractivity contribution in [2.45, 2.75) is 11.8 Å². The summed E-state index contributed by atoms with van der Waals surface area (Å²) in [4.78, 5) is 36.1. The van der Waals surface area contributed by atoms with Gasteiger partial charge in [0.05, 0.1) is 9.80 Å². The van der Waals surface area contributed by atoms with Gasteiger partial charge in [0.2, 0.25) is 0 Å². The fraction of sp³-hybridized carbons (Fsp3) is 0.0417. The number of aryl methyl sites for hydroxylation is 1. The number of carbonyl (C=O) groups is 3. The zero-order valence-corrected chi connectivity index (χ0v) is 19.5. The number of thioether (sulfide) groups is 1. The van der Waals surface area contributed by atoms with Crippen LogP contribution in [0.15, 0.2) is 82.6 Å². The van der Waals surface area contributed by atoms with Crippen LogP contribution in [0, 0.1) is 6.92 Å². The first kappa shape index (κ1) is 23.3. The molecule has 0 bridgehead atoms. The van der Waals surface area contributed by atoms with Crippen LogP contribution in [-0.4, -0.2) is 25.5 Å². The molecule has 1 fully saturated rings. The Bertz CT molecular complexity index is 1410. The van der Waals surface area contributed by atoms with Crippen LogP contribution in [-0.2, 0) is 14.8 Å². The molecule has 8 nitrogen and oxygen atoms in total. The summed E-state index contributed by atoms with van der Waals surface area (Å²) in [5.74, 6) is -0.844. The summed E-state index contributed by atoms with van der Waals surface area (Å²) < 4.78 is 27.5. The molecule has 0 atom stereocenters. The molecule has 10 heteroatoms. The molecule has 0 aromatic heterocycles. The van der Waals surface area contributed by atoms with Gasteiger partial charge in [-0.2, -0.15) is 0 Å². The first-order valence-corrected chi connectivity index (χ1v) is 12.4. The monoisotopic (exact) mass is 493 g/mol. The van der Waals surface area contributed by atoms with Crippen molar-refractivity contribution in [3.05, 3.63) is 94.4 Å². The third kappa shape index (κ3) is 5.53. The molecule has 0 unspecified atom stereocenters. The van der Waals surface area contributed by atoms with Crippen molar-refractivity contribution in [3.8, 4) is 0 Å². The minimum atomic E-state index is -3.74. The van der Waals surface area contributed by atoms with Crippen LogP contribution >= 0.6 is 11.8 Å². The summed E-state index contributed by atoms with van der Waals surface area (Å²) in [6.45, 7) is 1.87. The van der Waals surface area contributed by atoms with Gasteiger partial charge in [0.15, 0.2) is 0 Å². The highest BCUT2D eigenvalue weighted by molar-refractivity contribution is 8.18. The Kier molecular flexibility index (Phi) is 6.53. The molecule has 0 aliphatic carbocycles. The zero-order chi connectivity index (χ0) is 24.3. The largest absolute Gasteiger partial charge is 0.322 e. The minimum Gasteiger partial charge on any atom is -0.322 e. The molecule has 1 aliphatic heterocycles. The molecule has 0 saturated carbocycles. The first-order valence-electron chi connectivity index (χ1n) is 10.1. The van der Waals surface area contributed by atoms with Crippen LogP contribution in [0.1, 0.15) is 21.5 Å². The van der Waals surface area contributed by atoms with E-state index in [1.165, 1.54) is 36.4 Å². The van der Waals surface area contributed by atoms with E-state index in [1.807, 2.05) is 6.92 Å². The molecule has 3 aromatic carbocycles. The van der Waals surface area contributed by atoms with E-state index in [0.29, 0.717) is 22.5 Å². The maximum atomic E-state index is 12.6. The van der Waals surface area contributed by atoms with Gasteiger partial charge in [-0.3, -0.25) is 24.4 Å². The lowest BCUT2D eigenvalue weighted by atomic mass is 10.1. The molecule has 1 aliphatic rings. The first-order chi connectivity index (χ1) is 16.2. The summed E-state index contributed by atoms with van der Waals surface area (Å²) >= 11 is 0.815. The number of rotatable bonds is 6. The van der Waals surface area contributed by atoms with Crippen molar-refractivity contribution < 1.29 is 22.8 Å². The molecule has 172 valence electrons. The van der Waals surface area contributed by atoms with Crippen LogP contribution in [0.2, 0.25) is 0 Å². The molecular weight excluding hydrogens is 474 g/mol. The highest BCUT2D eigenvalue weighted by atomic mass is 32.2. The molecule has 0 spiro atoms. The fourth-order valence-electron chi connectivity index (χ4n) is 3.10. The Labute approximate surface area is 200 Å². The summed E-state index contributed by atoms with van der Waals surface area (Å²) in [6, 6.07) is 19.4. The molecule has 3 N–H and O–H groups in total. The highest BCUT2D eigenvalue weighted by Gasteiger charge is 2.25. The van der Waals surface area contributed by atoms with Crippen LogP contribution in [0.3, 0.4) is 0 Å². The lowest BCUT2D eigenvalue weighted by molar-refractivity contribution is -0.115. The van der Waals surface area contributed by atoms with Gasteiger partial charge < -0.3 is 5.32 Å². The number of amides is 3. The molecule has 3 amide bonds. The van der Waals surface area contributed by atoms with E-state index < -0.39 is 21.2 Å². The van der Waals surface area contributed by atoms with Crippen molar-refractivity contribution in [3.63, 3.8) is 0 Å². The number of hydrogen-bond donors (Lipinski definition) is 3. The topological polar surface area (TPSA) is 121 Å². The molecular formula is C24H19N3O5S2. The van der Waals surface area contributed by atoms with E-state index in [0.717, 1.165) is 17.3 Å². The number of hydrogen-bond acceptors (Lipinski definition) is 6. The van der Waals surface area contributed by atoms with E-state index in [9.17, 15) is 22.8 Å². The molecule has 3 aromatic rings. The average molecular weight is 494 g/mol. The van der Waals surface area contributed by atoms with Gasteiger partial charge in [0.1, 0.15) is 0 Å². The molecule has 1 heterocycles. The Morgan fingerprint density at radius 1 is 0.941 bits per heavy atom. The van der Waals surface area contributed by atoms with E-state index in [4.69, 9.17) is 0 Å². The smallest absolute Gasteiger partial charge is 0.290 e. The third-order valence-corrected chi connectivity index (χ3v) is 7.02. The average Bonchev–Trinajstić information content (AvgIpc) is 3.11. The van der Waals surface area contributed by atoms with Crippen molar-refractivity contribution in [1.82, 2.24) is 5.32 Å². The van der Waals surface area contributed by atoms with Gasteiger partial charge in [-0.05, 0) is 78.9 Å². The summed E-state index contributed by atoms with van der Waals surface area (Å²) in [5, 5.41) is 4.53. The number of nitrogens with one attached hydrogen (secondary N) is 3. The van der Waals surface area contributed by atoms with Gasteiger partial charge in [-0.25, -0.2) is 8.42 Å². The van der Waals surface area contributed by atoms with E-state index in [1.54, 1.807) is 42.5 Å². The lowest BCUT2D eigenvalue weighted by Gasteiger charge is -2.10. The SMILES string of the molecule is Cc1ccc(S(=O)(=O)Nc2ccc(C(=O)Nc3cccc(C=C4SC(=O)NC4=O)c3)cc2)cc1. The second-order valence-corrected chi connectivity index (χ2v) is 10.1. The van der Waals surface area contributed by atoms with Crippen molar-refractivity contribution in [1.29, 1.82) is 0 Å². The van der Waals surface area contributed by atoms with Crippen LogP contribution in [0.4, 0.5) is 16.2 Å². The summed E-state index contributed by atoms with van der Waals surface area (Å²) in [5.41, 5.74) is 2.75. The Balaban J connectivity index is 1.43. The number of imide groups is 1. The standard InChI is InChI=1S/C24H19N3O5S2/c1-15-5-11-20(12-6-15)34(31,32)27-18-9-7-17(8-10-18)22(28)25-19-4-2-3-16(13-19)14-21-23(29)26-24(30)33-21/h2-14,27H,1H3,(H,25,28)(H,26,29,30). The quantitative estimate of drug-likeness (QED) is 0.439. The summed E-state index contributed by atoms with van der Waals surface area (Å²) in [6.07, 6.45) is 1.56. The zero-order valence-electron chi connectivity index (χ0n) is 17.9. The highest BCUT2D eigenvalue weighted by Crippen LogP contribution is 2.26. The van der Waals surface area contributed by atoms with Gasteiger partial charge >= 0.3 is 0 Å². The lowest BCUT2D eigenvalue weighted by Crippen LogP contribution is -2.17. The van der Waals surface area contributed by atoms with E-state index in [2.05, 4.69) is 15.4 Å². The molecule has 1 saturated heterocycles. The van der Waals surface area contributed by atoms with Crippen molar-refractivity contribution in [2.75, 3.05) is 10.0 Å². The second-order valence-electron chi connectivity index (χ2n) is 7.43. The molecule has 34 heavy (non-hydrogen) atoms. The number of sulfonamides is 1. The number of anilines is 2. The fourth-order valence-corrected chi connectivity index (χ4v) is 4.84. The van der Waals surface area contributed by atoms with E-state index in [-0.39, 0.29) is 15.7 Å². The predicted molar refractivity (Wildman–Crippen MR) is 132 cm³/mol. The van der Waals surface area contributed by atoms with Gasteiger partial charge in [-0.1, -0.05) is 29.8 Å². The number of benzene rings is 3. The number of carbonyl (C=O) groups excluding carboxylic acids is 3. The molecule has 4 rings (SSSR count). The van der Waals surface area contributed by atoms with Gasteiger partial charge in [0, 0.05) is 16.9 Å². The Morgan fingerprint density at radius 2 is 1.65 bits per heavy atom.